The normalized spacial score (nSPS) is 14.2. The Bertz CT molecular complexity index is 4260. The lowest BCUT2D eigenvalue weighted by molar-refractivity contribution is 0.660. The third-order valence-electron chi connectivity index (χ3n) is 16.1. The van der Waals surface area contributed by atoms with Gasteiger partial charge in [-0.3, -0.25) is 9.59 Å². The number of rotatable bonds is 4. The van der Waals surface area contributed by atoms with Crippen LogP contribution in [0.15, 0.2) is 228 Å². The summed E-state index contributed by atoms with van der Waals surface area (Å²) in [7, 11) is 0. The second-order valence-corrected chi connectivity index (χ2v) is 19.9. The van der Waals surface area contributed by atoms with Crippen molar-refractivity contribution >= 4 is 54.9 Å². The predicted octanol–water partition coefficient (Wildman–Crippen LogP) is 15.3. The lowest BCUT2D eigenvalue weighted by Crippen LogP contribution is -2.27. The molecule has 2 aromatic heterocycles. The first-order chi connectivity index (χ1) is 34.3. The molecule has 0 saturated heterocycles. The van der Waals surface area contributed by atoms with Crippen LogP contribution in [0, 0.1) is 0 Å². The molecule has 3 aliphatic carbocycles. The number of nitrogens with zero attached hydrogens (tertiary/aromatic N) is 2. The molecule has 12 aromatic rings. The van der Waals surface area contributed by atoms with Crippen molar-refractivity contribution < 1.29 is 0 Å². The van der Waals surface area contributed by atoms with Gasteiger partial charge in [0.05, 0.1) is 10.9 Å². The Morgan fingerprint density at radius 1 is 0.329 bits per heavy atom. The van der Waals surface area contributed by atoms with E-state index in [1.165, 1.54) is 71.2 Å². The minimum Gasteiger partial charge on any atom is -0.310 e. The topological polar surface area (TPSA) is 41.8 Å². The maximum Gasteiger partial charge on any atom is 0.266 e. The maximum absolute atomic E-state index is 14.2. The minimum absolute atomic E-state index is 0.199. The summed E-state index contributed by atoms with van der Waals surface area (Å²) in [5.74, 6) is 0. The molecule has 0 bridgehead atoms. The SMILES string of the molecule is CC1(C)c2ccccc2-c2ccc(N(c3cccc(-c4cc5c6ccccc6c(=O)n6c(=O)c7ccccc7c(c4)c56)c3)c3ccc4c(c3)-c3ccccc3C43c4ccccc4-c4ccccc43)cc21. The molecule has 0 radical (unpaired) electrons. The summed E-state index contributed by atoms with van der Waals surface area (Å²) in [5.41, 5.74) is 20.1. The molecule has 0 aliphatic heterocycles. The molecule has 2 heterocycles. The maximum atomic E-state index is 14.2. The van der Waals surface area contributed by atoms with E-state index in [2.05, 4.69) is 189 Å². The van der Waals surface area contributed by atoms with E-state index < -0.39 is 5.41 Å². The molecule has 0 atom stereocenters. The van der Waals surface area contributed by atoms with E-state index in [0.29, 0.717) is 16.3 Å². The van der Waals surface area contributed by atoms with Gasteiger partial charge >= 0.3 is 0 Å². The molecule has 328 valence electrons. The van der Waals surface area contributed by atoms with Gasteiger partial charge in [-0.2, -0.15) is 0 Å². The average molecular weight is 895 g/mol. The molecule has 4 nitrogen and oxygen atoms in total. The zero-order valence-corrected chi connectivity index (χ0v) is 38.5. The van der Waals surface area contributed by atoms with Crippen LogP contribution in [0.2, 0.25) is 0 Å². The van der Waals surface area contributed by atoms with Gasteiger partial charge in [0.1, 0.15) is 0 Å². The van der Waals surface area contributed by atoms with Crippen LogP contribution in [0.25, 0.3) is 82.3 Å². The molecular formula is C66H42N2O2. The Labute approximate surface area is 404 Å². The number of anilines is 3. The molecule has 0 fully saturated rings. The van der Waals surface area contributed by atoms with E-state index in [-0.39, 0.29) is 16.5 Å². The van der Waals surface area contributed by atoms with E-state index in [9.17, 15) is 9.59 Å². The molecule has 0 saturated carbocycles. The summed E-state index contributed by atoms with van der Waals surface area (Å²) in [6.07, 6.45) is 0. The molecule has 4 heteroatoms. The van der Waals surface area contributed by atoms with Gasteiger partial charge in [-0.25, -0.2) is 4.40 Å². The van der Waals surface area contributed by atoms with Gasteiger partial charge in [0.25, 0.3) is 11.1 Å². The Balaban J connectivity index is 0.977. The zero-order valence-electron chi connectivity index (χ0n) is 38.5. The molecule has 10 aromatic carbocycles. The number of aromatic nitrogens is 1. The molecule has 0 unspecified atom stereocenters. The highest BCUT2D eigenvalue weighted by Crippen LogP contribution is 2.63. The molecule has 1 spiro atoms. The smallest absolute Gasteiger partial charge is 0.266 e. The van der Waals surface area contributed by atoms with E-state index in [4.69, 9.17) is 0 Å². The molecule has 0 N–H and O–H groups in total. The van der Waals surface area contributed by atoms with Gasteiger partial charge < -0.3 is 4.90 Å². The van der Waals surface area contributed by atoms with Crippen LogP contribution in [0.4, 0.5) is 17.1 Å². The van der Waals surface area contributed by atoms with E-state index in [1.807, 2.05) is 48.5 Å². The van der Waals surface area contributed by atoms with E-state index in [1.54, 1.807) is 0 Å². The molecule has 3 aliphatic rings. The number of fused-ring (bicyclic) bond motifs is 17. The highest BCUT2D eigenvalue weighted by atomic mass is 16.2. The summed E-state index contributed by atoms with van der Waals surface area (Å²) in [6, 6.07) is 78.4. The fourth-order valence-electron chi connectivity index (χ4n) is 13.1. The summed E-state index contributed by atoms with van der Waals surface area (Å²) < 4.78 is 1.39. The molecule has 70 heavy (non-hydrogen) atoms. The summed E-state index contributed by atoms with van der Waals surface area (Å²) in [4.78, 5) is 30.7. The van der Waals surface area contributed by atoms with Crippen molar-refractivity contribution in [2.75, 3.05) is 4.90 Å². The van der Waals surface area contributed by atoms with Crippen LogP contribution in [-0.2, 0) is 10.8 Å². The average Bonchev–Trinajstić information content (AvgIpc) is 3.96. The van der Waals surface area contributed by atoms with Crippen LogP contribution in [0.5, 0.6) is 0 Å². The Hall–Kier alpha value is -8.86. The van der Waals surface area contributed by atoms with Crippen molar-refractivity contribution in [2.45, 2.75) is 24.7 Å². The van der Waals surface area contributed by atoms with E-state index >= 15 is 0 Å². The standard InChI is InChI=1S/C66H42N2O2/c1-65(2)56-26-11-7-20-46(56)50-32-30-43(38-61(50)65)67(42-31-33-60-53(37-42)49-23-10-14-29-59(49)66(60)57-27-12-8-21-47(57)48-22-9-13-28-58(48)66)41-17-15-16-39(34-41)40-35-54-44-18-3-5-24-51(44)63(69)68-62(54)55(36-40)45-19-4-6-25-52(45)64(68)70/h3-38H,1-2H3. The van der Waals surface area contributed by atoms with Gasteiger partial charge in [0, 0.05) is 44.0 Å². The fraction of sp³-hybridized carbons (Fsp3) is 0.0606. The van der Waals surface area contributed by atoms with Crippen molar-refractivity contribution in [1.29, 1.82) is 0 Å². The summed E-state index contributed by atoms with van der Waals surface area (Å²) >= 11 is 0. The monoisotopic (exact) mass is 894 g/mol. The van der Waals surface area contributed by atoms with Gasteiger partial charge in [0.2, 0.25) is 0 Å². The van der Waals surface area contributed by atoms with Crippen LogP contribution in [0.1, 0.15) is 47.2 Å². The first-order valence-corrected chi connectivity index (χ1v) is 24.2. The van der Waals surface area contributed by atoms with Crippen molar-refractivity contribution in [1.82, 2.24) is 4.40 Å². The first-order valence-electron chi connectivity index (χ1n) is 24.2. The van der Waals surface area contributed by atoms with Crippen molar-refractivity contribution in [2.24, 2.45) is 0 Å². The number of hydrogen-bond donors (Lipinski definition) is 0. The Morgan fingerprint density at radius 3 is 1.37 bits per heavy atom. The Morgan fingerprint density at radius 2 is 0.771 bits per heavy atom. The number of pyridine rings is 2. The molecular weight excluding hydrogens is 853 g/mol. The quantitative estimate of drug-likeness (QED) is 0.131. The predicted molar refractivity (Wildman–Crippen MR) is 288 cm³/mol. The van der Waals surface area contributed by atoms with Crippen LogP contribution in [-0.4, -0.2) is 4.40 Å². The van der Waals surface area contributed by atoms with Gasteiger partial charge in [-0.1, -0.05) is 172 Å². The zero-order chi connectivity index (χ0) is 46.6. The number of benzene rings is 10. The van der Waals surface area contributed by atoms with Crippen LogP contribution >= 0.6 is 0 Å². The van der Waals surface area contributed by atoms with Crippen molar-refractivity contribution in [3.8, 4) is 44.5 Å². The highest BCUT2D eigenvalue weighted by molar-refractivity contribution is 6.19. The van der Waals surface area contributed by atoms with Crippen LogP contribution < -0.4 is 16.0 Å². The number of hydrogen-bond acceptors (Lipinski definition) is 3. The van der Waals surface area contributed by atoms with Gasteiger partial charge in [-0.05, 0) is 149 Å². The lowest BCUT2D eigenvalue weighted by atomic mass is 9.70. The first kappa shape index (κ1) is 39.2. The minimum atomic E-state index is -0.444. The summed E-state index contributed by atoms with van der Waals surface area (Å²) in [6.45, 7) is 4.69. The second kappa shape index (κ2) is 13.9. The van der Waals surface area contributed by atoms with Gasteiger partial charge in [0.15, 0.2) is 0 Å². The van der Waals surface area contributed by atoms with E-state index in [0.717, 1.165) is 49.7 Å². The summed E-state index contributed by atoms with van der Waals surface area (Å²) in [5, 5.41) is 4.45. The van der Waals surface area contributed by atoms with Crippen LogP contribution in [0.3, 0.4) is 0 Å². The van der Waals surface area contributed by atoms with Crippen molar-refractivity contribution in [3.05, 3.63) is 272 Å². The second-order valence-electron chi connectivity index (χ2n) is 19.9. The van der Waals surface area contributed by atoms with Gasteiger partial charge in [-0.15, -0.1) is 0 Å². The molecule has 0 amide bonds. The van der Waals surface area contributed by atoms with Crippen molar-refractivity contribution in [3.63, 3.8) is 0 Å². The Kier molecular flexibility index (Phi) is 7.76. The third kappa shape index (κ3) is 4.94. The largest absolute Gasteiger partial charge is 0.310 e. The fourth-order valence-corrected chi connectivity index (χ4v) is 13.1. The highest BCUT2D eigenvalue weighted by Gasteiger charge is 2.51. The third-order valence-corrected chi connectivity index (χ3v) is 16.1. The molecule has 15 rings (SSSR count). The lowest BCUT2D eigenvalue weighted by Gasteiger charge is -2.31.